The van der Waals surface area contributed by atoms with Crippen LogP contribution in [0.4, 0.5) is 0 Å². The quantitative estimate of drug-likeness (QED) is 0.133. The van der Waals surface area contributed by atoms with Gasteiger partial charge in [-0.3, -0.25) is 0 Å². The van der Waals surface area contributed by atoms with Crippen molar-refractivity contribution in [3.05, 3.63) is 291 Å². The van der Waals surface area contributed by atoms with Crippen LogP contribution in [0.1, 0.15) is 0 Å². The lowest BCUT2D eigenvalue weighted by Gasteiger charge is -2.20. The lowest BCUT2D eigenvalue weighted by atomic mass is 9.83. The highest BCUT2D eigenvalue weighted by Gasteiger charge is 2.24. The van der Waals surface area contributed by atoms with Crippen LogP contribution in [0, 0.1) is 0 Å². The van der Waals surface area contributed by atoms with Crippen LogP contribution in [0.2, 0.25) is 0 Å². The zero-order valence-corrected chi connectivity index (χ0v) is 42.9. The third-order valence-electron chi connectivity index (χ3n) is 15.8. The fourth-order valence-corrected chi connectivity index (χ4v) is 13.7. The van der Waals surface area contributed by atoms with Gasteiger partial charge >= 0.3 is 0 Å². The molecule has 0 radical (unpaired) electrons. The van der Waals surface area contributed by atoms with Gasteiger partial charge in [-0.15, -0.1) is 11.3 Å². The number of thiophene rings is 1. The maximum atomic E-state index is 2.40. The van der Waals surface area contributed by atoms with Gasteiger partial charge < -0.3 is 0 Å². The first-order valence-electron chi connectivity index (χ1n) is 26.6. The highest BCUT2D eigenvalue weighted by Crippen LogP contribution is 2.52. The van der Waals surface area contributed by atoms with Crippen molar-refractivity contribution in [3.63, 3.8) is 0 Å². The average molecular weight is 993 g/mol. The fourth-order valence-electron chi connectivity index (χ4n) is 12.4. The van der Waals surface area contributed by atoms with Crippen LogP contribution in [0.3, 0.4) is 0 Å². The third-order valence-corrected chi connectivity index (χ3v) is 17.0. The molecule has 0 spiro atoms. The molecule has 15 rings (SSSR count). The van der Waals surface area contributed by atoms with Crippen LogP contribution < -0.4 is 0 Å². The molecule has 1 heterocycles. The van der Waals surface area contributed by atoms with E-state index in [1.165, 1.54) is 152 Å². The summed E-state index contributed by atoms with van der Waals surface area (Å²) in [5.41, 5.74) is 19.6. The van der Waals surface area contributed by atoms with E-state index in [0.717, 1.165) is 0 Å². The monoisotopic (exact) mass is 992 g/mol. The summed E-state index contributed by atoms with van der Waals surface area (Å²) < 4.78 is 2.58. The number of benzene rings is 14. The predicted octanol–water partition coefficient (Wildman–Crippen LogP) is 22.0. The van der Waals surface area contributed by atoms with Crippen molar-refractivity contribution in [1.29, 1.82) is 0 Å². The molecular weight excluding hydrogens is 945 g/mol. The predicted molar refractivity (Wildman–Crippen MR) is 333 cm³/mol. The number of hydrogen-bond donors (Lipinski definition) is 0. The van der Waals surface area contributed by atoms with Crippen LogP contribution in [0.5, 0.6) is 0 Å². The summed E-state index contributed by atoms with van der Waals surface area (Å²) in [6.45, 7) is 0. The molecule has 0 aliphatic carbocycles. The number of rotatable bonds is 8. The Balaban J connectivity index is 0.959. The molecular formula is C76H48S. The van der Waals surface area contributed by atoms with Crippen LogP contribution >= 0.6 is 11.3 Å². The Kier molecular flexibility index (Phi) is 10.8. The number of hydrogen-bond acceptors (Lipinski definition) is 1. The molecule has 14 aromatic carbocycles. The Morgan fingerprint density at radius 2 is 0.455 bits per heavy atom. The maximum Gasteiger partial charge on any atom is 0.0434 e. The summed E-state index contributed by atoms with van der Waals surface area (Å²) in [7, 11) is 0. The Morgan fingerprint density at radius 1 is 0.182 bits per heavy atom. The van der Waals surface area contributed by atoms with E-state index in [9.17, 15) is 0 Å². The van der Waals surface area contributed by atoms with E-state index >= 15 is 0 Å². The molecule has 0 unspecified atom stereocenters. The SMILES string of the molecule is c1ccc(-c2cc(-c3ccccc3)cc(-c3c4ccccc4c(-c4cccc5c4sc4cccc(-c6c7ccccc7c(-c7cc(-c8ccccc8)cc(-c8ccccc8)c7)c7ccccc67)c45)c4ccccc34)c2)cc1. The Morgan fingerprint density at radius 3 is 0.818 bits per heavy atom. The minimum absolute atomic E-state index is 1.20. The van der Waals surface area contributed by atoms with Crippen molar-refractivity contribution < 1.29 is 0 Å². The van der Waals surface area contributed by atoms with Gasteiger partial charge in [0.05, 0.1) is 0 Å². The van der Waals surface area contributed by atoms with Crippen LogP contribution in [0.25, 0.3) is 152 Å². The zero-order valence-electron chi connectivity index (χ0n) is 42.1. The molecule has 0 atom stereocenters. The molecule has 358 valence electrons. The van der Waals surface area contributed by atoms with Crippen LogP contribution in [-0.4, -0.2) is 0 Å². The van der Waals surface area contributed by atoms with Gasteiger partial charge in [-0.2, -0.15) is 0 Å². The topological polar surface area (TPSA) is 0 Å². The molecule has 15 aromatic rings. The first-order valence-corrected chi connectivity index (χ1v) is 27.4. The molecule has 0 aliphatic heterocycles. The van der Waals surface area contributed by atoms with E-state index < -0.39 is 0 Å². The standard InChI is InChI=1S/C76H48S/c1-5-23-49(24-6-1)53-43-54(50-25-7-2-8-26-50)46-57(45-53)71-59-31-13-17-35-63(59)73(64-36-18-14-32-60(64)71)67-39-22-42-70-75(67)69-41-21-40-68(76(69)77-70)74-65-37-19-15-33-61(65)72(62-34-16-20-38-66(62)74)58-47-55(51-27-9-3-10-28-51)44-56(48-58)52-29-11-4-12-30-52/h1-48H. The van der Waals surface area contributed by atoms with Gasteiger partial charge in [-0.1, -0.05) is 249 Å². The van der Waals surface area contributed by atoms with Crippen LogP contribution in [-0.2, 0) is 0 Å². The van der Waals surface area contributed by atoms with Crippen molar-refractivity contribution in [2.45, 2.75) is 0 Å². The second-order valence-electron chi connectivity index (χ2n) is 20.2. The molecule has 0 saturated heterocycles. The molecule has 0 saturated carbocycles. The van der Waals surface area contributed by atoms with Gasteiger partial charge in [0.15, 0.2) is 0 Å². The molecule has 0 aliphatic rings. The van der Waals surface area contributed by atoms with E-state index in [1.807, 2.05) is 11.3 Å². The normalized spacial score (nSPS) is 11.6. The van der Waals surface area contributed by atoms with Gasteiger partial charge in [0, 0.05) is 25.7 Å². The Bertz CT molecular complexity index is 4530. The second-order valence-corrected chi connectivity index (χ2v) is 21.3. The summed E-state index contributed by atoms with van der Waals surface area (Å²) in [5, 5.41) is 12.5. The van der Waals surface area contributed by atoms with E-state index in [4.69, 9.17) is 0 Å². The minimum atomic E-state index is 1.20. The summed E-state index contributed by atoms with van der Waals surface area (Å²) in [6, 6.07) is 108. The van der Waals surface area contributed by atoms with Crippen molar-refractivity contribution >= 4 is 74.6 Å². The van der Waals surface area contributed by atoms with Crippen molar-refractivity contribution in [2.75, 3.05) is 0 Å². The van der Waals surface area contributed by atoms with Gasteiger partial charge in [-0.05, 0) is 169 Å². The Hall–Kier alpha value is -9.66. The molecule has 0 fully saturated rings. The molecule has 1 aromatic heterocycles. The molecule has 1 heteroatoms. The van der Waals surface area contributed by atoms with E-state index in [1.54, 1.807) is 0 Å². The molecule has 0 bridgehead atoms. The van der Waals surface area contributed by atoms with Crippen molar-refractivity contribution in [2.24, 2.45) is 0 Å². The van der Waals surface area contributed by atoms with Gasteiger partial charge in [0.1, 0.15) is 0 Å². The van der Waals surface area contributed by atoms with Gasteiger partial charge in [-0.25, -0.2) is 0 Å². The zero-order chi connectivity index (χ0) is 50.8. The molecule has 0 N–H and O–H groups in total. The summed E-state index contributed by atoms with van der Waals surface area (Å²) >= 11 is 1.92. The average Bonchev–Trinajstić information content (AvgIpc) is 3.97. The van der Waals surface area contributed by atoms with E-state index in [0.29, 0.717) is 0 Å². The molecule has 77 heavy (non-hydrogen) atoms. The fraction of sp³-hybridized carbons (Fsp3) is 0. The summed E-state index contributed by atoms with van der Waals surface area (Å²) in [5.74, 6) is 0. The highest BCUT2D eigenvalue weighted by molar-refractivity contribution is 7.26. The van der Waals surface area contributed by atoms with Gasteiger partial charge in [0.2, 0.25) is 0 Å². The minimum Gasteiger partial charge on any atom is -0.135 e. The largest absolute Gasteiger partial charge is 0.135 e. The highest BCUT2D eigenvalue weighted by atomic mass is 32.1. The lowest BCUT2D eigenvalue weighted by molar-refractivity contribution is 1.58. The molecule has 0 nitrogen and oxygen atoms in total. The second kappa shape index (κ2) is 18.6. The van der Waals surface area contributed by atoms with E-state index in [-0.39, 0.29) is 0 Å². The van der Waals surface area contributed by atoms with Crippen molar-refractivity contribution in [1.82, 2.24) is 0 Å². The maximum absolute atomic E-state index is 2.40. The van der Waals surface area contributed by atoms with Crippen LogP contribution in [0.15, 0.2) is 291 Å². The summed E-state index contributed by atoms with van der Waals surface area (Å²) in [6.07, 6.45) is 0. The number of fused-ring (bicyclic) bond motifs is 7. The van der Waals surface area contributed by atoms with Gasteiger partial charge in [0.25, 0.3) is 0 Å². The first-order chi connectivity index (χ1) is 38.2. The summed E-state index contributed by atoms with van der Waals surface area (Å²) in [4.78, 5) is 0. The van der Waals surface area contributed by atoms with E-state index in [2.05, 4.69) is 291 Å². The first kappa shape index (κ1) is 44.8. The van der Waals surface area contributed by atoms with Crippen molar-refractivity contribution in [3.8, 4) is 89.0 Å². The smallest absolute Gasteiger partial charge is 0.0434 e. The third kappa shape index (κ3) is 7.58. The molecule has 0 amide bonds. The Labute approximate surface area is 452 Å². The lowest BCUT2D eigenvalue weighted by Crippen LogP contribution is -1.93.